The number of hydrogen-bond donors (Lipinski definition) is 1. The zero-order valence-corrected chi connectivity index (χ0v) is 18.2. The van der Waals surface area contributed by atoms with Crippen molar-refractivity contribution in [1.29, 1.82) is 0 Å². The van der Waals surface area contributed by atoms with Crippen LogP contribution in [-0.4, -0.2) is 40.9 Å². The normalized spacial score (nSPS) is 12.0. The van der Waals surface area contributed by atoms with Gasteiger partial charge in [0.05, 0.1) is 33.6 Å². The summed E-state index contributed by atoms with van der Waals surface area (Å²) in [6, 6.07) is 7.91. The highest BCUT2D eigenvalue weighted by molar-refractivity contribution is 7.18. The van der Waals surface area contributed by atoms with Gasteiger partial charge in [0.2, 0.25) is 5.78 Å². The van der Waals surface area contributed by atoms with Crippen LogP contribution in [0.3, 0.4) is 0 Å². The Hall–Kier alpha value is -3.00. The molecule has 0 aliphatic carbocycles. The second kappa shape index (κ2) is 9.21. The number of aromatic amines is 1. The van der Waals surface area contributed by atoms with Crippen molar-refractivity contribution < 1.29 is 23.9 Å². The van der Waals surface area contributed by atoms with Crippen LogP contribution in [0.25, 0.3) is 10.2 Å². The fraction of sp³-hybridized carbons (Fsp3) is 0.364. The Morgan fingerprint density at radius 3 is 2.63 bits per heavy atom. The number of H-pyrrole nitrogens is 1. The number of Topliss-reactive ketones (excluding diaryl/α,β-unsaturated/α-hetero) is 1. The largest absolute Gasteiger partial charge is 0.465 e. The fourth-order valence-corrected chi connectivity index (χ4v) is 4.34. The highest BCUT2D eigenvalue weighted by Gasteiger charge is 2.27. The van der Waals surface area contributed by atoms with Gasteiger partial charge in [-0.15, -0.1) is 11.3 Å². The minimum Gasteiger partial charge on any atom is -0.465 e. The summed E-state index contributed by atoms with van der Waals surface area (Å²) in [6.45, 7) is 4.88. The first-order valence-electron chi connectivity index (χ1n) is 9.67. The van der Waals surface area contributed by atoms with Crippen molar-refractivity contribution >= 4 is 39.3 Å². The maximum Gasteiger partial charge on any atom is 0.339 e. The van der Waals surface area contributed by atoms with E-state index in [0.717, 1.165) is 15.2 Å². The number of aromatic nitrogens is 2. The standard InChI is InChI=1S/C22H24N2O5S/c1-12-19(22(27)28-4)13(2)23-20(12)21(26)14(3)29-18(25)11-7-10-17-24-15-8-5-6-9-16(15)30-17/h5-6,8-9,14,23H,7,10-11H2,1-4H3. The van der Waals surface area contributed by atoms with E-state index in [9.17, 15) is 14.4 Å². The zero-order chi connectivity index (χ0) is 21.8. The molecule has 0 aliphatic heterocycles. The van der Waals surface area contributed by atoms with E-state index in [1.165, 1.54) is 14.0 Å². The van der Waals surface area contributed by atoms with Gasteiger partial charge in [-0.05, 0) is 51.3 Å². The van der Waals surface area contributed by atoms with Gasteiger partial charge in [-0.3, -0.25) is 9.59 Å². The Morgan fingerprint density at radius 2 is 1.93 bits per heavy atom. The number of rotatable bonds is 8. The molecule has 1 unspecified atom stereocenters. The number of nitrogens with one attached hydrogen (secondary N) is 1. The quantitative estimate of drug-likeness (QED) is 0.427. The molecule has 0 fully saturated rings. The predicted molar refractivity (Wildman–Crippen MR) is 114 cm³/mol. The minimum atomic E-state index is -0.956. The molecule has 1 N–H and O–H groups in total. The lowest BCUT2D eigenvalue weighted by molar-refractivity contribution is -0.146. The molecule has 3 rings (SSSR count). The summed E-state index contributed by atoms with van der Waals surface area (Å²) in [7, 11) is 1.29. The van der Waals surface area contributed by atoms with Crippen LogP contribution in [0.4, 0.5) is 0 Å². The molecule has 158 valence electrons. The Labute approximate surface area is 178 Å². The molecule has 0 amide bonds. The van der Waals surface area contributed by atoms with Crippen LogP contribution in [0.1, 0.15) is 56.9 Å². The number of methoxy groups -OCH3 is 1. The highest BCUT2D eigenvalue weighted by Crippen LogP contribution is 2.23. The molecule has 1 atom stereocenters. The Kier molecular flexibility index (Phi) is 6.66. The monoisotopic (exact) mass is 428 g/mol. The van der Waals surface area contributed by atoms with E-state index >= 15 is 0 Å². The molecule has 8 heteroatoms. The third-order valence-corrected chi connectivity index (χ3v) is 5.96. The van der Waals surface area contributed by atoms with Crippen LogP contribution >= 0.6 is 11.3 Å². The number of ketones is 1. The van der Waals surface area contributed by atoms with E-state index in [-0.39, 0.29) is 17.9 Å². The maximum absolute atomic E-state index is 12.7. The number of carbonyl (C=O) groups excluding carboxylic acids is 3. The van der Waals surface area contributed by atoms with Gasteiger partial charge in [-0.1, -0.05) is 12.1 Å². The lowest BCUT2D eigenvalue weighted by atomic mass is 10.1. The first kappa shape index (κ1) is 21.7. The smallest absolute Gasteiger partial charge is 0.339 e. The van der Waals surface area contributed by atoms with Gasteiger partial charge in [-0.2, -0.15) is 0 Å². The SMILES string of the molecule is COC(=O)c1c(C)[nH]c(C(=O)C(C)OC(=O)CCCc2nc3ccccc3s2)c1C. The summed E-state index contributed by atoms with van der Waals surface area (Å²) < 4.78 is 11.2. The van der Waals surface area contributed by atoms with Crippen molar-refractivity contribution in [2.75, 3.05) is 7.11 Å². The van der Waals surface area contributed by atoms with E-state index in [0.29, 0.717) is 29.7 Å². The predicted octanol–water partition coefficient (Wildman–Crippen LogP) is 4.17. The molecule has 0 spiro atoms. The first-order chi connectivity index (χ1) is 14.3. The van der Waals surface area contributed by atoms with E-state index in [2.05, 4.69) is 9.97 Å². The van der Waals surface area contributed by atoms with E-state index in [1.807, 2.05) is 24.3 Å². The fourth-order valence-electron chi connectivity index (χ4n) is 3.33. The Morgan fingerprint density at radius 1 is 1.20 bits per heavy atom. The molecule has 30 heavy (non-hydrogen) atoms. The number of para-hydroxylation sites is 1. The average molecular weight is 429 g/mol. The average Bonchev–Trinajstić information content (AvgIpc) is 3.26. The molecule has 7 nitrogen and oxygen atoms in total. The number of benzene rings is 1. The number of esters is 2. The van der Waals surface area contributed by atoms with Crippen LogP contribution in [0, 0.1) is 13.8 Å². The first-order valence-corrected chi connectivity index (χ1v) is 10.5. The van der Waals surface area contributed by atoms with Gasteiger partial charge in [0.15, 0.2) is 6.10 Å². The molecule has 0 bridgehead atoms. The second-order valence-electron chi connectivity index (χ2n) is 7.04. The van der Waals surface area contributed by atoms with Crippen molar-refractivity contribution in [2.24, 2.45) is 0 Å². The van der Waals surface area contributed by atoms with Crippen molar-refractivity contribution in [3.63, 3.8) is 0 Å². The Balaban J connectivity index is 1.55. The number of fused-ring (bicyclic) bond motifs is 1. The van der Waals surface area contributed by atoms with E-state index in [4.69, 9.17) is 9.47 Å². The third kappa shape index (κ3) is 4.59. The van der Waals surface area contributed by atoms with Gasteiger partial charge in [0.1, 0.15) is 0 Å². The van der Waals surface area contributed by atoms with Crippen molar-refractivity contribution in [1.82, 2.24) is 9.97 Å². The molecule has 0 saturated carbocycles. The number of nitrogens with zero attached hydrogens (tertiary/aromatic N) is 1. The number of hydrogen-bond acceptors (Lipinski definition) is 7. The molecular weight excluding hydrogens is 404 g/mol. The summed E-state index contributed by atoms with van der Waals surface area (Å²) in [5.74, 6) is -1.34. The molecule has 0 saturated heterocycles. The molecule has 0 radical (unpaired) electrons. The molecular formula is C22H24N2O5S. The van der Waals surface area contributed by atoms with Gasteiger partial charge in [0.25, 0.3) is 0 Å². The van der Waals surface area contributed by atoms with E-state index < -0.39 is 18.0 Å². The summed E-state index contributed by atoms with van der Waals surface area (Å²) in [5.41, 5.74) is 2.57. The zero-order valence-electron chi connectivity index (χ0n) is 17.4. The molecule has 1 aromatic carbocycles. The number of thiazole rings is 1. The van der Waals surface area contributed by atoms with Crippen LogP contribution in [-0.2, 0) is 20.7 Å². The molecule has 2 heterocycles. The lowest BCUT2D eigenvalue weighted by Crippen LogP contribution is -2.25. The third-order valence-electron chi connectivity index (χ3n) is 4.86. The van der Waals surface area contributed by atoms with Crippen molar-refractivity contribution in [2.45, 2.75) is 46.1 Å². The van der Waals surface area contributed by atoms with Gasteiger partial charge >= 0.3 is 11.9 Å². The number of ether oxygens (including phenoxy) is 2. The van der Waals surface area contributed by atoms with Crippen LogP contribution < -0.4 is 0 Å². The summed E-state index contributed by atoms with van der Waals surface area (Å²) in [4.78, 5) is 44.2. The number of aryl methyl sites for hydroxylation is 2. The highest BCUT2D eigenvalue weighted by atomic mass is 32.1. The van der Waals surface area contributed by atoms with E-state index in [1.54, 1.807) is 25.2 Å². The van der Waals surface area contributed by atoms with Gasteiger partial charge < -0.3 is 14.5 Å². The second-order valence-corrected chi connectivity index (χ2v) is 8.16. The number of carbonyl (C=O) groups is 3. The van der Waals surface area contributed by atoms with Crippen LogP contribution in [0.2, 0.25) is 0 Å². The maximum atomic E-state index is 12.7. The molecule has 2 aromatic heterocycles. The summed E-state index contributed by atoms with van der Waals surface area (Å²) in [6.07, 6.45) is 0.507. The van der Waals surface area contributed by atoms with Crippen molar-refractivity contribution in [3.8, 4) is 0 Å². The van der Waals surface area contributed by atoms with Crippen molar-refractivity contribution in [3.05, 3.63) is 51.8 Å². The molecule has 3 aromatic rings. The minimum absolute atomic E-state index is 0.198. The van der Waals surface area contributed by atoms with Gasteiger partial charge in [0, 0.05) is 12.1 Å². The van der Waals surface area contributed by atoms with Gasteiger partial charge in [-0.25, -0.2) is 9.78 Å². The summed E-state index contributed by atoms with van der Waals surface area (Å²) >= 11 is 1.62. The van der Waals surface area contributed by atoms with Crippen LogP contribution in [0.15, 0.2) is 24.3 Å². The van der Waals surface area contributed by atoms with Crippen LogP contribution in [0.5, 0.6) is 0 Å². The molecule has 0 aliphatic rings. The lowest BCUT2D eigenvalue weighted by Gasteiger charge is -2.12. The Bertz CT molecular complexity index is 1070. The summed E-state index contributed by atoms with van der Waals surface area (Å²) in [5, 5.41) is 0.973. The topological polar surface area (TPSA) is 98.4 Å².